The highest BCUT2D eigenvalue weighted by molar-refractivity contribution is 7.86. The lowest BCUT2D eigenvalue weighted by atomic mass is 9.82. The largest absolute Gasteiger partial charge is 0.472 e. The molecule has 5 nitrogen and oxygen atoms in total. The Kier molecular flexibility index (Phi) is 3.59. The third-order valence-electron chi connectivity index (χ3n) is 3.47. The third-order valence-corrected chi connectivity index (χ3v) is 4.15. The summed E-state index contributed by atoms with van der Waals surface area (Å²) in [5, 5.41) is 0. The predicted octanol–water partition coefficient (Wildman–Crippen LogP) is 2.04. The molecular formula is C13H18O5S. The van der Waals surface area contributed by atoms with Gasteiger partial charge in [-0.05, 0) is 24.1 Å². The van der Waals surface area contributed by atoms with E-state index in [-0.39, 0.29) is 6.10 Å². The Labute approximate surface area is 113 Å². The highest BCUT2D eigenvalue weighted by atomic mass is 32.2. The molecule has 1 N–H and O–H groups in total. The Bertz CT molecular complexity index is 566. The number of hydrogen-bond acceptors (Lipinski definition) is 4. The van der Waals surface area contributed by atoms with Gasteiger partial charge in [-0.3, -0.25) is 4.55 Å². The van der Waals surface area contributed by atoms with Gasteiger partial charge in [-0.1, -0.05) is 13.8 Å². The van der Waals surface area contributed by atoms with Gasteiger partial charge in [-0.25, -0.2) is 0 Å². The van der Waals surface area contributed by atoms with E-state index in [4.69, 9.17) is 14.0 Å². The van der Waals surface area contributed by atoms with Crippen LogP contribution in [0.5, 0.6) is 0 Å². The molecule has 1 aliphatic carbocycles. The van der Waals surface area contributed by atoms with E-state index < -0.39 is 21.3 Å². The molecule has 1 atom stereocenters. The Morgan fingerprint density at radius 3 is 2.74 bits per heavy atom. The fraction of sp³-hybridized carbons (Fsp3) is 0.538. The molecule has 0 aromatic rings. The van der Waals surface area contributed by atoms with Gasteiger partial charge in [0.2, 0.25) is 0 Å². The molecule has 0 aromatic carbocycles. The summed E-state index contributed by atoms with van der Waals surface area (Å²) in [6.07, 6.45) is 4.44. The van der Waals surface area contributed by atoms with Crippen molar-refractivity contribution >= 4 is 10.1 Å². The highest BCUT2D eigenvalue weighted by Crippen LogP contribution is 2.49. The molecule has 0 saturated heterocycles. The van der Waals surface area contributed by atoms with Crippen molar-refractivity contribution in [3.63, 3.8) is 0 Å². The van der Waals surface area contributed by atoms with Crippen LogP contribution in [0.15, 0.2) is 35.3 Å². The summed E-state index contributed by atoms with van der Waals surface area (Å²) in [5.41, 5.74) is 1.87. The number of ether oxygens (including phenoxy) is 2. The quantitative estimate of drug-likeness (QED) is 0.801. The van der Waals surface area contributed by atoms with Crippen LogP contribution in [0.4, 0.5) is 0 Å². The van der Waals surface area contributed by atoms with Gasteiger partial charge in [0.15, 0.2) is 0 Å². The summed E-state index contributed by atoms with van der Waals surface area (Å²) in [7, 11) is -4.10. The average molecular weight is 286 g/mol. The van der Waals surface area contributed by atoms with Gasteiger partial charge in [-0.15, -0.1) is 0 Å². The molecule has 106 valence electrons. The second kappa shape index (κ2) is 4.77. The molecule has 2 aliphatic rings. The predicted molar refractivity (Wildman–Crippen MR) is 70.9 cm³/mol. The van der Waals surface area contributed by atoms with Crippen LogP contribution in [0.2, 0.25) is 0 Å². The Hall–Kier alpha value is -1.11. The van der Waals surface area contributed by atoms with Gasteiger partial charge in [0.05, 0.1) is 24.4 Å². The topological polar surface area (TPSA) is 72.8 Å². The first-order valence-corrected chi connectivity index (χ1v) is 7.71. The summed E-state index contributed by atoms with van der Waals surface area (Å²) in [6.45, 7) is 6.26. The molecule has 0 fully saturated rings. The van der Waals surface area contributed by atoms with E-state index >= 15 is 0 Å². The van der Waals surface area contributed by atoms with E-state index in [0.29, 0.717) is 12.2 Å². The van der Waals surface area contributed by atoms with Crippen molar-refractivity contribution < 1.29 is 22.4 Å². The minimum Gasteiger partial charge on any atom is -0.472 e. The molecule has 0 radical (unpaired) electrons. The molecule has 1 aliphatic heterocycles. The third kappa shape index (κ3) is 2.61. The zero-order valence-corrected chi connectivity index (χ0v) is 12.0. The van der Waals surface area contributed by atoms with Gasteiger partial charge in [0, 0.05) is 17.6 Å². The van der Waals surface area contributed by atoms with Gasteiger partial charge < -0.3 is 9.47 Å². The van der Waals surface area contributed by atoms with E-state index in [0.717, 1.165) is 11.1 Å². The van der Waals surface area contributed by atoms with Crippen molar-refractivity contribution in [3.05, 3.63) is 35.3 Å². The van der Waals surface area contributed by atoms with Gasteiger partial charge in [0.1, 0.15) is 0 Å². The number of fused-ring (bicyclic) bond motifs is 1. The maximum Gasteiger partial charge on any atom is 0.268 e. The number of hydrogen-bond donors (Lipinski definition) is 1. The van der Waals surface area contributed by atoms with Crippen LogP contribution in [0.1, 0.15) is 20.8 Å². The lowest BCUT2D eigenvalue weighted by Gasteiger charge is -2.30. The molecule has 0 saturated carbocycles. The van der Waals surface area contributed by atoms with Crippen molar-refractivity contribution in [1.82, 2.24) is 0 Å². The molecule has 1 unspecified atom stereocenters. The highest BCUT2D eigenvalue weighted by Gasteiger charge is 2.46. The van der Waals surface area contributed by atoms with Gasteiger partial charge >= 0.3 is 0 Å². The van der Waals surface area contributed by atoms with Crippen LogP contribution in [0, 0.1) is 5.41 Å². The lowest BCUT2D eigenvalue weighted by molar-refractivity contribution is 0.0301. The second-order valence-corrected chi connectivity index (χ2v) is 6.65. The molecule has 0 aromatic heterocycles. The average Bonchev–Trinajstić information content (AvgIpc) is 2.50. The van der Waals surface area contributed by atoms with Gasteiger partial charge in [-0.2, -0.15) is 8.42 Å². The van der Waals surface area contributed by atoms with Crippen molar-refractivity contribution in [2.45, 2.75) is 26.9 Å². The van der Waals surface area contributed by atoms with Crippen molar-refractivity contribution in [3.8, 4) is 0 Å². The maximum atomic E-state index is 11.2. The zero-order valence-electron chi connectivity index (χ0n) is 11.2. The standard InChI is InChI=1S/C13H18O5S/c1-4-18-12-10(8-19(14,15)16)9-5-6-17-7-11(9)13(12,2)3/h5-7,12H,4,8H2,1-3H3,(H,14,15,16). The van der Waals surface area contributed by atoms with E-state index in [1.807, 2.05) is 20.8 Å². The SMILES string of the molecule is CCOC1C(CS(=O)(=O)O)=C2C=COC=C2C1(C)C. The molecule has 0 spiro atoms. The second-order valence-electron chi connectivity index (χ2n) is 5.19. The van der Waals surface area contributed by atoms with Gasteiger partial charge in [0.25, 0.3) is 10.1 Å². The van der Waals surface area contributed by atoms with Crippen LogP contribution in [0.25, 0.3) is 0 Å². The molecule has 19 heavy (non-hydrogen) atoms. The monoisotopic (exact) mass is 286 g/mol. The summed E-state index contributed by atoms with van der Waals surface area (Å²) < 4.78 is 42.4. The number of rotatable bonds is 4. The zero-order chi connectivity index (χ0) is 14.3. The van der Waals surface area contributed by atoms with E-state index in [9.17, 15) is 8.42 Å². The van der Waals surface area contributed by atoms with E-state index in [2.05, 4.69) is 0 Å². The minimum absolute atomic E-state index is 0.382. The summed E-state index contributed by atoms with van der Waals surface area (Å²) >= 11 is 0. The molecular weight excluding hydrogens is 268 g/mol. The van der Waals surface area contributed by atoms with Crippen LogP contribution >= 0.6 is 0 Å². The Balaban J connectivity index is 2.52. The van der Waals surface area contributed by atoms with E-state index in [1.54, 1.807) is 12.3 Å². The molecule has 0 bridgehead atoms. The maximum absolute atomic E-state index is 11.2. The first-order valence-electron chi connectivity index (χ1n) is 6.10. The summed E-state index contributed by atoms with van der Waals surface area (Å²) in [4.78, 5) is 0. The molecule has 1 heterocycles. The van der Waals surface area contributed by atoms with Crippen LogP contribution in [0.3, 0.4) is 0 Å². The van der Waals surface area contributed by atoms with Crippen molar-refractivity contribution in [2.24, 2.45) is 5.41 Å². The lowest BCUT2D eigenvalue weighted by Crippen LogP contribution is -2.32. The normalized spacial score (nSPS) is 25.1. The minimum atomic E-state index is -4.10. The first kappa shape index (κ1) is 14.3. The van der Waals surface area contributed by atoms with E-state index in [1.165, 1.54) is 6.26 Å². The van der Waals surface area contributed by atoms with Crippen molar-refractivity contribution in [1.29, 1.82) is 0 Å². The molecule has 0 amide bonds. The fourth-order valence-electron chi connectivity index (χ4n) is 2.69. The first-order chi connectivity index (χ1) is 8.77. The van der Waals surface area contributed by atoms with Crippen molar-refractivity contribution in [2.75, 3.05) is 12.4 Å². The Morgan fingerprint density at radius 2 is 2.16 bits per heavy atom. The van der Waals surface area contributed by atoms with Crippen LogP contribution < -0.4 is 0 Å². The van der Waals surface area contributed by atoms with Crippen LogP contribution in [-0.4, -0.2) is 31.4 Å². The molecule has 2 rings (SSSR count). The molecule has 6 heteroatoms. The summed E-state index contributed by atoms with van der Waals surface area (Å²) in [6, 6.07) is 0. The summed E-state index contributed by atoms with van der Waals surface area (Å²) in [5.74, 6) is -0.419. The fourth-order valence-corrected chi connectivity index (χ4v) is 3.39. The number of allylic oxidation sites excluding steroid dienone is 2. The van der Waals surface area contributed by atoms with Crippen LogP contribution in [-0.2, 0) is 19.6 Å². The smallest absolute Gasteiger partial charge is 0.268 e. The Morgan fingerprint density at radius 1 is 1.47 bits per heavy atom.